The van der Waals surface area contributed by atoms with Crippen molar-refractivity contribution in [3.63, 3.8) is 0 Å². The van der Waals surface area contributed by atoms with Crippen LogP contribution in [0.25, 0.3) is 11.1 Å². The number of unbranched alkanes of at least 4 members (excludes halogenated alkanes) is 15. The van der Waals surface area contributed by atoms with Gasteiger partial charge in [-0.2, -0.15) is 0 Å². The third-order valence-electron chi connectivity index (χ3n) is 12.7. The summed E-state index contributed by atoms with van der Waals surface area (Å²) >= 11 is 0. The molecule has 2 aromatic rings. The van der Waals surface area contributed by atoms with Gasteiger partial charge in [0.15, 0.2) is 0 Å². The fourth-order valence-corrected chi connectivity index (χ4v) is 8.51. The number of alkyl carbamates (subject to hydrolysis) is 1. The van der Waals surface area contributed by atoms with Gasteiger partial charge in [-0.1, -0.05) is 152 Å². The number of fused-ring (bicyclic) bond motifs is 3. The largest absolute Gasteiger partial charge is 0.449 e. The molecule has 0 saturated heterocycles. The molecule has 0 heterocycles. The zero-order chi connectivity index (χ0) is 53.5. The van der Waals surface area contributed by atoms with Crippen molar-refractivity contribution in [3.05, 3.63) is 59.7 Å². The van der Waals surface area contributed by atoms with Crippen LogP contribution >= 0.6 is 0 Å². The fraction of sp³-hybridized carbons (Fsp3) is 0.783. The van der Waals surface area contributed by atoms with E-state index in [-0.39, 0.29) is 5.92 Å². The van der Waals surface area contributed by atoms with Crippen molar-refractivity contribution in [2.75, 3.05) is 185 Å². The van der Waals surface area contributed by atoms with Crippen molar-refractivity contribution >= 4 is 6.09 Å². The molecule has 0 fully saturated rings. The van der Waals surface area contributed by atoms with Crippen LogP contribution in [0.2, 0.25) is 0 Å². The van der Waals surface area contributed by atoms with E-state index >= 15 is 0 Å². The highest BCUT2D eigenvalue weighted by molar-refractivity contribution is 5.79. The van der Waals surface area contributed by atoms with Gasteiger partial charge in [0.25, 0.3) is 0 Å². The molecule has 1 aliphatic carbocycles. The lowest BCUT2D eigenvalue weighted by Gasteiger charge is -2.14. The molecule has 0 unspecified atom stereocenters. The van der Waals surface area contributed by atoms with Crippen molar-refractivity contribution in [1.82, 2.24) is 5.32 Å². The predicted molar refractivity (Wildman–Crippen MR) is 298 cm³/mol. The van der Waals surface area contributed by atoms with Crippen molar-refractivity contribution in [1.29, 1.82) is 0 Å². The first kappa shape index (κ1) is 67.5. The molecule has 16 nitrogen and oxygen atoms in total. The van der Waals surface area contributed by atoms with Gasteiger partial charge in [0.1, 0.15) is 6.61 Å². The topological polar surface area (TPSA) is 158 Å². The molecular formula is C60H103NO15. The van der Waals surface area contributed by atoms with Crippen LogP contribution in [0.15, 0.2) is 48.5 Å². The number of benzene rings is 2. The molecule has 2 aromatic carbocycles. The number of carbonyl (C=O) groups is 1. The first-order chi connectivity index (χ1) is 37.8. The molecule has 0 saturated carbocycles. The number of ether oxygens (including phenoxy) is 14. The molecule has 1 N–H and O–H groups in total. The van der Waals surface area contributed by atoms with E-state index in [1.165, 1.54) is 119 Å². The Kier molecular flexibility index (Phi) is 46.9. The van der Waals surface area contributed by atoms with Crippen LogP contribution in [-0.4, -0.2) is 191 Å². The summed E-state index contributed by atoms with van der Waals surface area (Å²) in [6.45, 7) is 16.7. The zero-order valence-corrected chi connectivity index (χ0v) is 47.1. The Morgan fingerprint density at radius 2 is 0.579 bits per heavy atom. The summed E-state index contributed by atoms with van der Waals surface area (Å²) in [6, 6.07) is 16.6. The number of amides is 1. The van der Waals surface area contributed by atoms with Gasteiger partial charge < -0.3 is 71.6 Å². The molecule has 1 amide bonds. The van der Waals surface area contributed by atoms with Gasteiger partial charge in [0, 0.05) is 25.7 Å². The molecular weight excluding hydrogens is 975 g/mol. The highest BCUT2D eigenvalue weighted by Gasteiger charge is 2.29. The van der Waals surface area contributed by atoms with Crippen molar-refractivity contribution in [2.45, 2.75) is 122 Å². The molecule has 0 spiro atoms. The van der Waals surface area contributed by atoms with Gasteiger partial charge >= 0.3 is 6.09 Å². The minimum Gasteiger partial charge on any atom is -0.449 e. The molecule has 0 atom stereocenters. The number of hydrogen-bond donors (Lipinski definition) is 1. The summed E-state index contributed by atoms with van der Waals surface area (Å²) in [5.41, 5.74) is 4.81. The minimum absolute atomic E-state index is 0.0467. The molecule has 76 heavy (non-hydrogen) atoms. The molecule has 0 aromatic heterocycles. The second-order valence-corrected chi connectivity index (χ2v) is 18.9. The Hall–Kier alpha value is -2.81. The van der Waals surface area contributed by atoms with E-state index in [2.05, 4.69) is 36.5 Å². The Balaban J connectivity index is 0.874. The third-order valence-corrected chi connectivity index (χ3v) is 12.7. The van der Waals surface area contributed by atoms with Crippen LogP contribution < -0.4 is 5.32 Å². The smallest absolute Gasteiger partial charge is 0.407 e. The lowest BCUT2D eigenvalue weighted by molar-refractivity contribution is -0.0290. The van der Waals surface area contributed by atoms with Crippen LogP contribution in [0.5, 0.6) is 0 Å². The van der Waals surface area contributed by atoms with E-state index in [9.17, 15) is 4.79 Å². The second kappa shape index (κ2) is 52.9. The van der Waals surface area contributed by atoms with Gasteiger partial charge in [-0.05, 0) is 35.1 Å². The van der Waals surface area contributed by atoms with Crippen molar-refractivity contribution in [2.24, 2.45) is 0 Å². The second-order valence-electron chi connectivity index (χ2n) is 18.9. The van der Waals surface area contributed by atoms with Gasteiger partial charge in [0.05, 0.1) is 159 Å². The number of carbonyl (C=O) groups excluding carboxylic acids is 1. The lowest BCUT2D eigenvalue weighted by atomic mass is 9.98. The Morgan fingerprint density at radius 1 is 0.329 bits per heavy atom. The average Bonchev–Trinajstić information content (AvgIpc) is 3.78. The van der Waals surface area contributed by atoms with Gasteiger partial charge in [-0.3, -0.25) is 0 Å². The van der Waals surface area contributed by atoms with Crippen molar-refractivity contribution < 1.29 is 71.1 Å². The molecule has 438 valence electrons. The molecule has 16 heteroatoms. The Bertz CT molecular complexity index is 1510. The van der Waals surface area contributed by atoms with Gasteiger partial charge in [-0.25, -0.2) is 4.79 Å². The maximum atomic E-state index is 12.3. The summed E-state index contributed by atoms with van der Waals surface area (Å²) in [5.74, 6) is 0.0467. The first-order valence-electron chi connectivity index (χ1n) is 29.4. The summed E-state index contributed by atoms with van der Waals surface area (Å²) in [7, 11) is 0. The van der Waals surface area contributed by atoms with Crippen LogP contribution in [0, 0.1) is 0 Å². The predicted octanol–water partition coefficient (Wildman–Crippen LogP) is 10.4. The summed E-state index contributed by atoms with van der Waals surface area (Å²) in [6.07, 6.45) is 22.4. The van der Waals surface area contributed by atoms with Gasteiger partial charge in [-0.15, -0.1) is 0 Å². The number of nitrogens with one attached hydrogen (secondary N) is 1. The third kappa shape index (κ3) is 38.7. The lowest BCUT2D eigenvalue weighted by Crippen LogP contribution is -2.27. The van der Waals surface area contributed by atoms with Crippen LogP contribution in [0.3, 0.4) is 0 Å². The van der Waals surface area contributed by atoms with E-state index < -0.39 is 6.09 Å². The van der Waals surface area contributed by atoms with E-state index in [4.69, 9.17) is 66.3 Å². The first-order valence-corrected chi connectivity index (χ1v) is 29.4. The van der Waals surface area contributed by atoms with Crippen molar-refractivity contribution in [3.8, 4) is 11.1 Å². The Morgan fingerprint density at radius 3 is 0.882 bits per heavy atom. The van der Waals surface area contributed by atoms with Crippen LogP contribution in [0.1, 0.15) is 133 Å². The van der Waals surface area contributed by atoms with E-state index in [1.54, 1.807) is 0 Å². The molecule has 3 rings (SSSR count). The normalized spacial score (nSPS) is 12.2. The fourth-order valence-electron chi connectivity index (χ4n) is 8.51. The molecule has 0 bridgehead atoms. The SMILES string of the molecule is CCCCCCCCCCCCCCCCCCOCCOCCOCCOCCOCCOCCOCCOCCOCCOCCOCCOCCOCCCNC(=O)OCC1c2ccccc2-c2ccccc21. The van der Waals surface area contributed by atoms with Gasteiger partial charge in [0.2, 0.25) is 0 Å². The maximum absolute atomic E-state index is 12.3. The standard InChI is InChI=1S/C60H103NO15/c1-2-3-4-5-6-7-8-9-10-11-12-13-14-15-16-21-28-63-30-32-65-34-36-67-38-40-69-42-44-71-46-48-73-50-52-75-53-51-74-49-47-72-45-43-70-41-39-68-37-35-66-33-31-64-29-22-27-61-60(62)76-54-59-57-25-19-17-23-55(57)56-24-18-20-26-58(56)59/h17-20,23-26,59H,2-16,21-22,27-54H2,1H3,(H,61,62). The maximum Gasteiger partial charge on any atom is 0.407 e. The van der Waals surface area contributed by atoms with Crippen LogP contribution in [0.4, 0.5) is 4.79 Å². The zero-order valence-electron chi connectivity index (χ0n) is 47.1. The average molecular weight is 1080 g/mol. The molecule has 0 radical (unpaired) electrons. The summed E-state index contributed by atoms with van der Waals surface area (Å²) in [5, 5.41) is 2.81. The van der Waals surface area contributed by atoms with E-state index in [0.29, 0.717) is 185 Å². The monoisotopic (exact) mass is 1080 g/mol. The summed E-state index contributed by atoms with van der Waals surface area (Å²) < 4.78 is 78.0. The van der Waals surface area contributed by atoms with E-state index in [1.807, 2.05) is 24.3 Å². The van der Waals surface area contributed by atoms with E-state index in [0.717, 1.165) is 13.0 Å². The molecule has 0 aliphatic heterocycles. The van der Waals surface area contributed by atoms with Crippen LogP contribution in [-0.2, 0) is 66.3 Å². The highest BCUT2D eigenvalue weighted by atomic mass is 16.6. The molecule has 1 aliphatic rings. The minimum atomic E-state index is -0.415. The Labute approximate surface area is 458 Å². The number of rotatable bonds is 59. The highest BCUT2D eigenvalue weighted by Crippen LogP contribution is 2.44. The number of hydrogen-bond acceptors (Lipinski definition) is 15. The quantitative estimate of drug-likeness (QED) is 0.0624. The summed E-state index contributed by atoms with van der Waals surface area (Å²) in [4.78, 5) is 12.3.